The first-order valence-corrected chi connectivity index (χ1v) is 11.8. The Hall–Kier alpha value is -3.91. The van der Waals surface area contributed by atoms with E-state index in [-0.39, 0.29) is 16.8 Å². The Labute approximate surface area is 209 Å². The van der Waals surface area contributed by atoms with Gasteiger partial charge < -0.3 is 19.6 Å². The number of fused-ring (bicyclic) bond motifs is 1. The zero-order valence-electron chi connectivity index (χ0n) is 19.8. The van der Waals surface area contributed by atoms with Crippen LogP contribution >= 0.6 is 12.2 Å². The molecule has 8 heteroatoms. The summed E-state index contributed by atoms with van der Waals surface area (Å²) in [5.74, 6) is 0.696. The lowest BCUT2D eigenvalue weighted by atomic mass is 10.1. The third kappa shape index (κ3) is 5.78. The number of oxazole rings is 1. The smallest absolute Gasteiger partial charge is 0.257 e. The number of carbonyl (C=O) groups excluding carboxylic acids is 1. The summed E-state index contributed by atoms with van der Waals surface area (Å²) in [4.78, 5) is 17.1. The van der Waals surface area contributed by atoms with Crippen molar-refractivity contribution < 1.29 is 19.1 Å². The maximum absolute atomic E-state index is 12.6. The number of benzene rings is 3. The minimum atomic E-state index is -0.341. The number of rotatable bonds is 7. The van der Waals surface area contributed by atoms with Crippen molar-refractivity contribution in [2.24, 2.45) is 0 Å². The molecule has 0 aliphatic rings. The van der Waals surface area contributed by atoms with Crippen molar-refractivity contribution in [3.05, 3.63) is 71.3 Å². The number of amides is 1. The van der Waals surface area contributed by atoms with Crippen LogP contribution in [0.4, 0.5) is 5.69 Å². The van der Waals surface area contributed by atoms with E-state index in [1.807, 2.05) is 26.0 Å². The Morgan fingerprint density at radius 2 is 1.89 bits per heavy atom. The second-order valence-corrected chi connectivity index (χ2v) is 8.72. The van der Waals surface area contributed by atoms with Gasteiger partial charge in [0.1, 0.15) is 17.0 Å². The van der Waals surface area contributed by atoms with Gasteiger partial charge in [0, 0.05) is 11.3 Å². The van der Waals surface area contributed by atoms with Gasteiger partial charge in [-0.2, -0.15) is 0 Å². The summed E-state index contributed by atoms with van der Waals surface area (Å²) < 4.78 is 11.6. The number of ether oxygens (including phenoxy) is 1. The van der Waals surface area contributed by atoms with Crippen LogP contribution in [0.5, 0.6) is 11.5 Å². The fourth-order valence-corrected chi connectivity index (χ4v) is 3.86. The van der Waals surface area contributed by atoms with E-state index >= 15 is 0 Å². The standard InChI is InChI=1S/C27H27N3O4S/c1-4-5-12-33-20-9-6-18(7-10-20)25(32)30-27(35)28-19-8-11-23(31)21(15-19)26-29-22-14-16(2)13-17(3)24(22)34-26/h6-11,13-15,31H,4-5,12H2,1-3H3,(H2,28,30,32,35). The molecule has 1 heterocycles. The van der Waals surface area contributed by atoms with Crippen LogP contribution in [0.2, 0.25) is 0 Å². The van der Waals surface area contributed by atoms with Crippen LogP contribution in [0.15, 0.2) is 59.0 Å². The number of aryl methyl sites for hydroxylation is 2. The number of anilines is 1. The number of aromatic hydroxyl groups is 1. The summed E-state index contributed by atoms with van der Waals surface area (Å²) >= 11 is 5.32. The predicted octanol–water partition coefficient (Wildman–Crippen LogP) is 6.12. The first kappa shape index (κ1) is 24.2. The number of carbonyl (C=O) groups is 1. The molecule has 1 aromatic heterocycles. The Morgan fingerprint density at radius 3 is 2.63 bits per heavy atom. The molecule has 35 heavy (non-hydrogen) atoms. The molecule has 7 nitrogen and oxygen atoms in total. The molecule has 3 aromatic carbocycles. The summed E-state index contributed by atoms with van der Waals surface area (Å²) in [7, 11) is 0. The first-order chi connectivity index (χ1) is 16.8. The molecule has 0 aliphatic heterocycles. The second-order valence-electron chi connectivity index (χ2n) is 8.32. The summed E-state index contributed by atoms with van der Waals surface area (Å²) in [5.41, 5.74) is 4.88. The largest absolute Gasteiger partial charge is 0.507 e. The third-order valence-corrected chi connectivity index (χ3v) is 5.62. The van der Waals surface area contributed by atoms with Crippen molar-refractivity contribution in [1.29, 1.82) is 0 Å². The molecule has 0 spiro atoms. The fourth-order valence-electron chi connectivity index (χ4n) is 3.65. The number of aromatic nitrogens is 1. The Balaban J connectivity index is 1.44. The maximum Gasteiger partial charge on any atom is 0.257 e. The molecule has 0 saturated heterocycles. The van der Waals surface area contributed by atoms with Gasteiger partial charge >= 0.3 is 0 Å². The summed E-state index contributed by atoms with van der Waals surface area (Å²) in [6.07, 6.45) is 2.04. The van der Waals surface area contributed by atoms with E-state index in [4.69, 9.17) is 21.4 Å². The third-order valence-electron chi connectivity index (χ3n) is 5.42. The Bertz CT molecular complexity index is 1380. The highest BCUT2D eigenvalue weighted by atomic mass is 32.1. The van der Waals surface area contributed by atoms with Gasteiger partial charge in [0.2, 0.25) is 5.89 Å². The van der Waals surface area contributed by atoms with Crippen molar-refractivity contribution in [1.82, 2.24) is 10.3 Å². The van der Waals surface area contributed by atoms with Crippen LogP contribution in [0.25, 0.3) is 22.6 Å². The lowest BCUT2D eigenvalue weighted by molar-refractivity contribution is 0.0977. The van der Waals surface area contributed by atoms with Crippen molar-refractivity contribution in [2.75, 3.05) is 11.9 Å². The lowest BCUT2D eigenvalue weighted by Crippen LogP contribution is -2.34. The molecule has 1 amide bonds. The molecule has 0 fully saturated rings. The van der Waals surface area contributed by atoms with Gasteiger partial charge in [-0.25, -0.2) is 4.98 Å². The Morgan fingerprint density at radius 1 is 1.11 bits per heavy atom. The number of phenolic OH excluding ortho intramolecular Hbond substituents is 1. The van der Waals surface area contributed by atoms with E-state index in [2.05, 4.69) is 22.5 Å². The highest BCUT2D eigenvalue weighted by Crippen LogP contribution is 2.34. The summed E-state index contributed by atoms with van der Waals surface area (Å²) in [6, 6.07) is 15.7. The van der Waals surface area contributed by atoms with Gasteiger partial charge in [-0.1, -0.05) is 19.4 Å². The molecule has 4 aromatic rings. The molecular weight excluding hydrogens is 462 g/mol. The van der Waals surface area contributed by atoms with Crippen LogP contribution in [0.1, 0.15) is 41.3 Å². The molecule has 0 radical (unpaired) electrons. The normalized spacial score (nSPS) is 10.8. The zero-order valence-corrected chi connectivity index (χ0v) is 20.7. The number of unbranched alkanes of at least 4 members (excludes halogenated alkanes) is 1. The van der Waals surface area contributed by atoms with Crippen molar-refractivity contribution in [2.45, 2.75) is 33.6 Å². The zero-order chi connectivity index (χ0) is 24.9. The molecule has 0 saturated carbocycles. The lowest BCUT2D eigenvalue weighted by Gasteiger charge is -2.11. The van der Waals surface area contributed by atoms with Gasteiger partial charge in [0.25, 0.3) is 5.91 Å². The molecule has 180 valence electrons. The molecule has 0 unspecified atom stereocenters. The molecule has 3 N–H and O–H groups in total. The van der Waals surface area contributed by atoms with Crippen molar-refractivity contribution in [3.8, 4) is 23.0 Å². The predicted molar refractivity (Wildman–Crippen MR) is 141 cm³/mol. The van der Waals surface area contributed by atoms with E-state index in [1.54, 1.807) is 36.4 Å². The highest BCUT2D eigenvalue weighted by molar-refractivity contribution is 7.80. The summed E-state index contributed by atoms with van der Waals surface area (Å²) in [6.45, 7) is 6.70. The molecule has 0 aliphatic carbocycles. The minimum absolute atomic E-state index is 0.0210. The minimum Gasteiger partial charge on any atom is -0.507 e. The number of hydrogen-bond acceptors (Lipinski definition) is 6. The van der Waals surface area contributed by atoms with Gasteiger partial charge in [-0.3, -0.25) is 10.1 Å². The molecular formula is C27H27N3O4S. The van der Waals surface area contributed by atoms with Crippen molar-refractivity contribution >= 4 is 40.0 Å². The van der Waals surface area contributed by atoms with Crippen molar-refractivity contribution in [3.63, 3.8) is 0 Å². The van der Waals surface area contributed by atoms with E-state index in [0.29, 0.717) is 34.9 Å². The van der Waals surface area contributed by atoms with Crippen LogP contribution in [-0.4, -0.2) is 27.7 Å². The van der Waals surface area contributed by atoms with Gasteiger partial charge in [-0.05, 0) is 92.1 Å². The summed E-state index contributed by atoms with van der Waals surface area (Å²) in [5, 5.41) is 16.2. The topological polar surface area (TPSA) is 96.6 Å². The number of nitrogens with zero attached hydrogens (tertiary/aromatic N) is 1. The van der Waals surface area contributed by atoms with Crippen LogP contribution < -0.4 is 15.4 Å². The number of hydrogen-bond donors (Lipinski definition) is 3. The number of thiocarbonyl (C=S) groups is 1. The highest BCUT2D eigenvalue weighted by Gasteiger charge is 2.16. The van der Waals surface area contributed by atoms with Crippen LogP contribution in [-0.2, 0) is 0 Å². The SMILES string of the molecule is CCCCOc1ccc(C(=O)NC(=S)Nc2ccc(O)c(-c3nc4cc(C)cc(C)c4o3)c2)cc1. The molecule has 0 atom stereocenters. The maximum atomic E-state index is 12.6. The first-order valence-electron chi connectivity index (χ1n) is 11.4. The van der Waals surface area contributed by atoms with E-state index in [0.717, 1.165) is 35.2 Å². The van der Waals surface area contributed by atoms with E-state index < -0.39 is 0 Å². The van der Waals surface area contributed by atoms with Crippen LogP contribution in [0, 0.1) is 13.8 Å². The number of phenols is 1. The van der Waals surface area contributed by atoms with E-state index in [1.165, 1.54) is 6.07 Å². The van der Waals surface area contributed by atoms with Crippen LogP contribution in [0.3, 0.4) is 0 Å². The second kappa shape index (κ2) is 10.6. The van der Waals surface area contributed by atoms with Gasteiger partial charge in [0.05, 0.1) is 12.2 Å². The molecule has 0 bridgehead atoms. The van der Waals surface area contributed by atoms with E-state index in [9.17, 15) is 9.90 Å². The fraction of sp³-hybridized carbons (Fsp3) is 0.222. The quantitative estimate of drug-likeness (QED) is 0.163. The monoisotopic (exact) mass is 489 g/mol. The Kier molecular flexibility index (Phi) is 7.31. The number of nitrogens with one attached hydrogen (secondary N) is 2. The average molecular weight is 490 g/mol. The average Bonchev–Trinajstić information content (AvgIpc) is 3.25. The van der Waals surface area contributed by atoms with Gasteiger partial charge in [-0.15, -0.1) is 0 Å². The van der Waals surface area contributed by atoms with Gasteiger partial charge in [0.15, 0.2) is 10.7 Å². The molecule has 4 rings (SSSR count).